The van der Waals surface area contributed by atoms with Gasteiger partial charge in [-0.3, -0.25) is 10.1 Å². The van der Waals surface area contributed by atoms with Crippen molar-refractivity contribution in [3.63, 3.8) is 0 Å². The first-order valence-corrected chi connectivity index (χ1v) is 6.44. The molecule has 0 bridgehead atoms. The van der Waals surface area contributed by atoms with Crippen LogP contribution < -0.4 is 5.32 Å². The van der Waals surface area contributed by atoms with Crippen LogP contribution >= 0.6 is 22.6 Å². The largest absolute Gasteiger partial charge is 0.465 e. The SMILES string of the molecule is O=C(CC#CI)CCO.O=C(O)Nc1ccccc1. The molecule has 0 unspecified atom stereocenters. The van der Waals surface area contributed by atoms with E-state index in [4.69, 9.17) is 10.2 Å². The van der Waals surface area contributed by atoms with Crippen molar-refractivity contribution >= 4 is 40.2 Å². The lowest BCUT2D eigenvalue weighted by Gasteiger charge is -1.96. The topological polar surface area (TPSA) is 86.6 Å². The molecule has 1 aromatic carbocycles. The van der Waals surface area contributed by atoms with Gasteiger partial charge in [0.15, 0.2) is 0 Å². The summed E-state index contributed by atoms with van der Waals surface area (Å²) in [5.41, 5.74) is 0.593. The molecule has 0 fully saturated rings. The minimum absolute atomic E-state index is 0.00154. The molecule has 19 heavy (non-hydrogen) atoms. The highest BCUT2D eigenvalue weighted by Crippen LogP contribution is 2.03. The van der Waals surface area contributed by atoms with Crippen LogP contribution in [0.25, 0.3) is 0 Å². The molecule has 0 spiro atoms. The summed E-state index contributed by atoms with van der Waals surface area (Å²) in [5.74, 6) is 2.61. The maximum Gasteiger partial charge on any atom is 0.409 e. The van der Waals surface area contributed by atoms with Crippen LogP contribution in [0.3, 0.4) is 0 Å². The highest BCUT2D eigenvalue weighted by atomic mass is 127. The van der Waals surface area contributed by atoms with Crippen molar-refractivity contribution in [3.8, 4) is 9.85 Å². The highest BCUT2D eigenvalue weighted by molar-refractivity contribution is 14.1. The van der Waals surface area contributed by atoms with Crippen molar-refractivity contribution in [1.29, 1.82) is 0 Å². The van der Waals surface area contributed by atoms with Gasteiger partial charge < -0.3 is 10.2 Å². The molecule has 0 heterocycles. The summed E-state index contributed by atoms with van der Waals surface area (Å²) < 4.78 is 2.57. The van der Waals surface area contributed by atoms with Gasteiger partial charge in [-0.15, -0.1) is 0 Å². The van der Waals surface area contributed by atoms with Gasteiger partial charge in [-0.25, -0.2) is 4.79 Å². The molecule has 0 radical (unpaired) electrons. The predicted octanol–water partition coefficient (Wildman–Crippen LogP) is 2.50. The van der Waals surface area contributed by atoms with Crippen LogP contribution in [0.15, 0.2) is 30.3 Å². The summed E-state index contributed by atoms with van der Waals surface area (Å²) >= 11 is 1.87. The molecule has 6 heteroatoms. The number of hydrogen-bond acceptors (Lipinski definition) is 3. The maximum absolute atomic E-state index is 10.5. The Morgan fingerprint density at radius 2 is 1.89 bits per heavy atom. The van der Waals surface area contributed by atoms with Crippen molar-refractivity contribution in [1.82, 2.24) is 0 Å². The number of carbonyl (C=O) groups excluding carboxylic acids is 1. The minimum Gasteiger partial charge on any atom is -0.465 e. The van der Waals surface area contributed by atoms with Crippen LogP contribution in [0, 0.1) is 9.85 Å². The Labute approximate surface area is 125 Å². The third kappa shape index (κ3) is 11.2. The van der Waals surface area contributed by atoms with Crippen molar-refractivity contribution in [3.05, 3.63) is 30.3 Å². The zero-order chi connectivity index (χ0) is 14.5. The number of aliphatic hydroxyl groups excluding tert-OH is 1. The zero-order valence-electron chi connectivity index (χ0n) is 10.1. The van der Waals surface area contributed by atoms with Gasteiger partial charge in [0.1, 0.15) is 5.78 Å². The third-order valence-corrected chi connectivity index (χ3v) is 2.15. The number of benzene rings is 1. The average molecular weight is 375 g/mol. The second-order valence-electron chi connectivity index (χ2n) is 3.26. The first kappa shape index (κ1) is 17.4. The summed E-state index contributed by atoms with van der Waals surface area (Å²) in [6, 6.07) is 8.74. The number of carboxylic acid groups (broad SMARTS) is 1. The maximum atomic E-state index is 10.5. The van der Waals surface area contributed by atoms with E-state index >= 15 is 0 Å². The van der Waals surface area contributed by atoms with Gasteiger partial charge >= 0.3 is 6.09 Å². The molecule has 0 aliphatic rings. The molecule has 5 nitrogen and oxygen atoms in total. The number of amides is 1. The number of hydrogen-bond donors (Lipinski definition) is 3. The number of nitrogens with one attached hydrogen (secondary N) is 1. The standard InChI is InChI=1S/C7H7NO2.C6H7IO2/c9-7(10)8-6-4-2-1-3-5-6;7-4-1-2-6(9)3-5-8/h1-5,8H,(H,9,10);8H,2-3,5H2. The fourth-order valence-corrected chi connectivity index (χ4v) is 1.18. The Morgan fingerprint density at radius 3 is 2.37 bits per heavy atom. The lowest BCUT2D eigenvalue weighted by Crippen LogP contribution is -2.06. The highest BCUT2D eigenvalue weighted by Gasteiger charge is 1.95. The smallest absolute Gasteiger partial charge is 0.409 e. The first-order valence-electron chi connectivity index (χ1n) is 5.36. The number of ketones is 1. The molecule has 1 amide bonds. The van der Waals surface area contributed by atoms with Crippen LogP contribution in [-0.2, 0) is 4.79 Å². The van der Waals surface area contributed by atoms with E-state index in [-0.39, 0.29) is 25.2 Å². The van der Waals surface area contributed by atoms with Crippen molar-refractivity contribution < 1.29 is 19.8 Å². The molecular formula is C13H14INO4. The number of anilines is 1. The van der Waals surface area contributed by atoms with Gasteiger partial charge in [0.2, 0.25) is 0 Å². The summed E-state index contributed by atoms with van der Waals surface area (Å²) in [7, 11) is 0. The van der Waals surface area contributed by atoms with Crippen molar-refractivity contribution in [2.24, 2.45) is 0 Å². The van der Waals surface area contributed by atoms with Gasteiger partial charge in [0.05, 0.1) is 6.42 Å². The fraction of sp³-hybridized carbons (Fsp3) is 0.231. The summed E-state index contributed by atoms with van der Waals surface area (Å²) in [6.45, 7) is -0.0677. The number of halogens is 1. The quantitative estimate of drug-likeness (QED) is 0.558. The third-order valence-electron chi connectivity index (χ3n) is 1.77. The molecule has 0 saturated carbocycles. The zero-order valence-corrected chi connectivity index (χ0v) is 12.3. The summed E-state index contributed by atoms with van der Waals surface area (Å²) in [5, 5.41) is 18.7. The average Bonchev–Trinajstić information content (AvgIpc) is 2.38. The lowest BCUT2D eigenvalue weighted by atomic mass is 10.2. The van der Waals surface area contributed by atoms with E-state index in [2.05, 4.69) is 15.2 Å². The van der Waals surface area contributed by atoms with E-state index in [1.165, 1.54) is 0 Å². The van der Waals surface area contributed by atoms with E-state index < -0.39 is 6.09 Å². The molecule has 1 rings (SSSR count). The normalized spacial score (nSPS) is 8.32. The molecule has 0 atom stereocenters. The predicted molar refractivity (Wildman–Crippen MR) is 81.2 cm³/mol. The van der Waals surface area contributed by atoms with E-state index in [9.17, 15) is 9.59 Å². The Morgan fingerprint density at radius 1 is 1.26 bits per heavy atom. The fourth-order valence-electron chi connectivity index (χ4n) is 0.990. The minimum atomic E-state index is -1.04. The number of rotatable bonds is 4. The van der Waals surface area contributed by atoms with Gasteiger partial charge in [0, 0.05) is 41.3 Å². The van der Waals surface area contributed by atoms with Crippen molar-refractivity contribution in [2.75, 3.05) is 11.9 Å². The van der Waals surface area contributed by atoms with Gasteiger partial charge in [0.25, 0.3) is 0 Å². The number of Topliss-reactive ketones (excluding diaryl/α,β-unsaturated/α-hetero) is 1. The second kappa shape index (κ2) is 11.5. The molecule has 3 N–H and O–H groups in total. The number of aliphatic hydroxyl groups is 1. The summed E-state index contributed by atoms with van der Waals surface area (Å²) in [6.07, 6.45) is -0.541. The van der Waals surface area contributed by atoms with Gasteiger partial charge in [-0.2, -0.15) is 0 Å². The lowest BCUT2D eigenvalue weighted by molar-refractivity contribution is -0.118. The molecule has 0 aliphatic carbocycles. The van der Waals surface area contributed by atoms with Crippen LogP contribution in [0.1, 0.15) is 12.8 Å². The monoisotopic (exact) mass is 375 g/mol. The van der Waals surface area contributed by atoms with E-state index in [1.54, 1.807) is 24.3 Å². The number of carbonyl (C=O) groups is 2. The van der Waals surface area contributed by atoms with E-state index in [0.717, 1.165) is 0 Å². The van der Waals surface area contributed by atoms with Crippen LogP contribution in [0.5, 0.6) is 0 Å². The first-order chi connectivity index (χ1) is 9.10. The summed E-state index contributed by atoms with van der Waals surface area (Å²) in [4.78, 5) is 20.6. The second-order valence-corrected chi connectivity index (χ2v) is 3.80. The van der Waals surface area contributed by atoms with E-state index in [1.807, 2.05) is 28.7 Å². The van der Waals surface area contributed by atoms with Crippen LogP contribution in [0.2, 0.25) is 0 Å². The Kier molecular flexibility index (Phi) is 10.5. The van der Waals surface area contributed by atoms with Crippen molar-refractivity contribution in [2.45, 2.75) is 12.8 Å². The van der Waals surface area contributed by atoms with Crippen LogP contribution in [-0.4, -0.2) is 28.7 Å². The van der Waals surface area contributed by atoms with E-state index in [0.29, 0.717) is 5.69 Å². The molecule has 0 saturated heterocycles. The van der Waals surface area contributed by atoms with Gasteiger partial charge in [-0.1, -0.05) is 24.1 Å². The number of para-hydroxylation sites is 1. The molecule has 102 valence electrons. The molecule has 0 aliphatic heterocycles. The molecule has 0 aromatic heterocycles. The molecular weight excluding hydrogens is 361 g/mol. The Hall–Kier alpha value is -1.59. The van der Waals surface area contributed by atoms with Crippen LogP contribution in [0.4, 0.5) is 10.5 Å². The molecule has 1 aromatic rings. The Balaban J connectivity index is 0.000000344. The Bertz CT molecular complexity index is 451. The van der Waals surface area contributed by atoms with Gasteiger partial charge in [-0.05, 0) is 16.1 Å².